The van der Waals surface area contributed by atoms with Crippen molar-refractivity contribution in [3.8, 4) is 22.4 Å². The van der Waals surface area contributed by atoms with Gasteiger partial charge in [0.1, 0.15) is 24.9 Å². The molecule has 2 aliphatic heterocycles. The van der Waals surface area contributed by atoms with Crippen LogP contribution in [0.25, 0.3) is 49.4 Å². The summed E-state index contributed by atoms with van der Waals surface area (Å²) in [6.45, 7) is 6.25. The SMILES string of the molecule is Cc1c(-c2ccc(-c3ccc4cccc(C(=O)Nc5nc6ccccc6s5)c4c3)nc2C(=O)O)cnn1CC12CC3(C)CC(C)(C1)CC(OCCN(CCS(=O)(=O)O)C(=O)OC/C=C/c1ccc(C[C@@H]4O[C@H](C(=O)O)[C@@H](O)[C@H](O)[C@H]4O)c(NC(=O)CCNC(=O)CCCCCN4C(=O)C=CC4=O)c1)(C3)C2. The third kappa shape index (κ3) is 17.3. The van der Waals surface area contributed by atoms with E-state index in [9.17, 15) is 76.9 Å². The number of nitrogens with one attached hydrogen (secondary N) is 3. The van der Waals surface area contributed by atoms with E-state index < -0.39 is 82.5 Å². The first kappa shape index (κ1) is 75.0. The van der Waals surface area contributed by atoms with Gasteiger partial charge in [0.15, 0.2) is 16.9 Å². The standard InChI is InChI=1S/C75H83N9O19S2/c1-44-52(49-21-22-53(79-62(49)68(93)94)47-20-19-46-12-9-13-50(51(46)34-47)67(92)81-70-80-54-14-6-7-15-57(54)104-70)36-77-84(44)43-74-38-72(2)37-73(3,39-74)41-75(40-72,42-74)102-31-28-82(29-32-105(98,99)100)71(97)101-30-10-11-45-17-18-48(35-56-63(89)64(90)65(91)66(103-56)69(95)96)55(33-45)78-59(86)25-26-76-58(85)16-5-4-8-27-83-60(87)23-24-61(83)88/h6-7,9-15,17-24,33-34,36,56,63-66,89-91H,4-5,8,16,25-32,35,37-43H2,1-3H3,(H,76,85)(H,78,86)(H,93,94)(H,95,96)(H,80,81,92)(H,98,99,100)/b11-10+/t56-,63-,64+,65-,66-,72?,73?,74?,75?/m0/s1. The van der Waals surface area contributed by atoms with Crippen molar-refractivity contribution >= 4 is 107 Å². The lowest BCUT2D eigenvalue weighted by atomic mass is 9.39. The second-order valence-electron chi connectivity index (χ2n) is 29.0. The van der Waals surface area contributed by atoms with Crippen LogP contribution in [-0.4, -0.2) is 197 Å². The number of para-hydroxylation sites is 1. The Hall–Kier alpha value is -9.66. The number of fused-ring (bicyclic) bond motifs is 2. The maximum atomic E-state index is 13.9. The Morgan fingerprint density at radius 2 is 1.55 bits per heavy atom. The van der Waals surface area contributed by atoms with Crippen LogP contribution in [0.15, 0.2) is 115 Å². The van der Waals surface area contributed by atoms with Gasteiger partial charge in [0.25, 0.3) is 27.8 Å². The van der Waals surface area contributed by atoms with Gasteiger partial charge >= 0.3 is 18.0 Å². The summed E-state index contributed by atoms with van der Waals surface area (Å²) in [4.78, 5) is 114. The highest BCUT2D eigenvalue weighted by atomic mass is 32.2. The molecular formula is C75H83N9O19S2. The number of carbonyl (C=O) groups is 8. The summed E-state index contributed by atoms with van der Waals surface area (Å²) in [6, 6.07) is 26.8. The van der Waals surface area contributed by atoms with Gasteiger partial charge in [0.05, 0.1) is 46.2 Å². The van der Waals surface area contributed by atoms with Gasteiger partial charge in [-0.15, -0.1) is 0 Å². The van der Waals surface area contributed by atoms with Crippen LogP contribution in [-0.2, 0) is 61.3 Å². The van der Waals surface area contributed by atoms with Gasteiger partial charge < -0.3 is 55.3 Å². The summed E-state index contributed by atoms with van der Waals surface area (Å²) in [5.74, 6) is -5.59. The zero-order chi connectivity index (χ0) is 74.8. The van der Waals surface area contributed by atoms with Crippen molar-refractivity contribution in [3.05, 3.63) is 143 Å². The number of carboxylic acid groups (broad SMARTS) is 2. The number of aliphatic hydroxyl groups is 3. The molecule has 1 saturated heterocycles. The molecule has 9 N–H and O–H groups in total. The molecule has 4 aliphatic carbocycles. The monoisotopic (exact) mass is 1480 g/mol. The third-order valence-electron chi connectivity index (χ3n) is 20.5. The average molecular weight is 1480 g/mol. The Morgan fingerprint density at radius 3 is 2.29 bits per heavy atom. The minimum Gasteiger partial charge on any atom is -0.479 e. The number of hydrogen-bond acceptors (Lipinski definition) is 20. The predicted octanol–water partition coefficient (Wildman–Crippen LogP) is 8.22. The number of pyridine rings is 1. The first-order chi connectivity index (χ1) is 50.0. The Labute approximate surface area is 608 Å². The second-order valence-corrected chi connectivity index (χ2v) is 31.6. The number of carboxylic acids is 2. The Morgan fingerprint density at radius 1 is 0.790 bits per heavy atom. The first-order valence-corrected chi connectivity index (χ1v) is 37.2. The molecule has 4 saturated carbocycles. The molecule has 5 fully saturated rings. The van der Waals surface area contributed by atoms with Gasteiger partial charge in [-0.05, 0) is 145 Å². The number of aliphatic carboxylic acids is 1. The number of aromatic carboxylic acids is 1. The van der Waals surface area contributed by atoms with E-state index in [2.05, 4.69) is 34.8 Å². The molecule has 0 spiro atoms. The number of rotatable bonds is 30. The zero-order valence-electron chi connectivity index (χ0n) is 58.1. The maximum absolute atomic E-state index is 13.9. The topological polar surface area (TPSA) is 406 Å². The van der Waals surface area contributed by atoms with Gasteiger partial charge in [-0.3, -0.25) is 43.4 Å². The van der Waals surface area contributed by atoms with Crippen molar-refractivity contribution in [2.24, 2.45) is 16.2 Å². The summed E-state index contributed by atoms with van der Waals surface area (Å²) >= 11 is 1.37. The molecule has 105 heavy (non-hydrogen) atoms. The number of aliphatic hydroxyl groups excluding tert-OH is 3. The van der Waals surface area contributed by atoms with E-state index in [4.69, 9.17) is 24.3 Å². The van der Waals surface area contributed by atoms with E-state index in [1.807, 2.05) is 60.1 Å². The molecule has 4 aromatic carbocycles. The average Bonchev–Trinajstić information content (AvgIpc) is 0.856. The molecule has 554 valence electrons. The predicted molar refractivity (Wildman–Crippen MR) is 386 cm³/mol. The molecule has 2 unspecified atom stereocenters. The quantitative estimate of drug-likeness (QED) is 0.0116. The summed E-state index contributed by atoms with van der Waals surface area (Å²) in [5, 5.41) is 67.4. The lowest BCUT2D eigenvalue weighted by molar-refractivity contribution is -0.248. The second kappa shape index (κ2) is 30.8. The number of amides is 6. The molecule has 7 aromatic rings. The fraction of sp³-hybridized carbons (Fsp3) is 0.427. The Kier molecular flexibility index (Phi) is 22.0. The summed E-state index contributed by atoms with van der Waals surface area (Å²) < 4.78 is 55.1. The van der Waals surface area contributed by atoms with E-state index in [1.165, 1.54) is 35.6 Å². The van der Waals surface area contributed by atoms with Crippen molar-refractivity contribution < 1.29 is 91.1 Å². The number of benzene rings is 4. The molecule has 13 rings (SSSR count). The van der Waals surface area contributed by atoms with Crippen molar-refractivity contribution in [2.75, 3.05) is 55.8 Å². The van der Waals surface area contributed by atoms with Crippen LogP contribution in [0.5, 0.6) is 0 Å². The highest BCUT2D eigenvalue weighted by Crippen LogP contribution is 2.72. The van der Waals surface area contributed by atoms with Crippen LogP contribution < -0.4 is 16.0 Å². The van der Waals surface area contributed by atoms with Crippen molar-refractivity contribution in [1.29, 1.82) is 0 Å². The number of aromatic nitrogens is 4. The number of anilines is 2. The van der Waals surface area contributed by atoms with Crippen molar-refractivity contribution in [1.82, 2.24) is 34.9 Å². The van der Waals surface area contributed by atoms with Gasteiger partial charge in [-0.25, -0.2) is 24.4 Å². The first-order valence-electron chi connectivity index (χ1n) is 34.8. The van der Waals surface area contributed by atoms with Gasteiger partial charge in [0.2, 0.25) is 11.8 Å². The van der Waals surface area contributed by atoms with E-state index in [0.29, 0.717) is 81.8 Å². The molecule has 5 heterocycles. The fourth-order valence-corrected chi connectivity index (χ4v) is 18.2. The normalized spacial score (nSPS) is 24.1. The van der Waals surface area contributed by atoms with E-state index >= 15 is 0 Å². The van der Waals surface area contributed by atoms with Gasteiger partial charge in [-0.2, -0.15) is 13.5 Å². The third-order valence-corrected chi connectivity index (χ3v) is 22.1. The highest BCUT2D eigenvalue weighted by Gasteiger charge is 2.66. The molecule has 28 nitrogen and oxygen atoms in total. The van der Waals surface area contributed by atoms with Crippen LogP contribution in [0.1, 0.15) is 122 Å². The lowest BCUT2D eigenvalue weighted by Gasteiger charge is -2.69. The molecule has 0 radical (unpaired) electrons. The summed E-state index contributed by atoms with van der Waals surface area (Å²) in [6.07, 6.45) is 3.44. The van der Waals surface area contributed by atoms with E-state index in [0.717, 1.165) is 63.2 Å². The van der Waals surface area contributed by atoms with Gasteiger partial charge in [0, 0.05) is 97.8 Å². The molecule has 4 bridgehead atoms. The van der Waals surface area contributed by atoms with Crippen LogP contribution in [0.4, 0.5) is 15.6 Å². The van der Waals surface area contributed by atoms with Crippen molar-refractivity contribution in [2.45, 2.75) is 140 Å². The lowest BCUT2D eigenvalue weighted by Crippen LogP contribution is -2.64. The number of imide groups is 1. The largest absolute Gasteiger partial charge is 0.479 e. The molecule has 6 amide bonds. The van der Waals surface area contributed by atoms with Crippen LogP contribution in [0, 0.1) is 23.2 Å². The number of unbranched alkanes of at least 4 members (excludes halogenated alkanes) is 2. The smallest absolute Gasteiger partial charge is 0.410 e. The van der Waals surface area contributed by atoms with Crippen LogP contribution in [0.2, 0.25) is 0 Å². The molecule has 6 aliphatic rings. The van der Waals surface area contributed by atoms with Crippen molar-refractivity contribution in [3.63, 3.8) is 0 Å². The fourth-order valence-electron chi connectivity index (χ4n) is 16.9. The maximum Gasteiger partial charge on any atom is 0.410 e. The zero-order valence-corrected chi connectivity index (χ0v) is 59.7. The van der Waals surface area contributed by atoms with E-state index in [-0.39, 0.29) is 103 Å². The number of carbonyl (C=O) groups excluding carboxylic acids is 6. The molecule has 3 aromatic heterocycles. The van der Waals surface area contributed by atoms with Gasteiger partial charge in [-0.1, -0.05) is 86.2 Å². The Bertz CT molecular complexity index is 4680. The summed E-state index contributed by atoms with van der Waals surface area (Å²) in [5.41, 5.74) is 3.43. The Balaban J connectivity index is 0.686. The minimum absolute atomic E-state index is 0.00887. The van der Waals surface area contributed by atoms with Crippen LogP contribution >= 0.6 is 11.3 Å². The highest BCUT2D eigenvalue weighted by molar-refractivity contribution is 7.85. The van der Waals surface area contributed by atoms with Crippen LogP contribution in [0.3, 0.4) is 0 Å². The molecule has 7 atom stereocenters. The van der Waals surface area contributed by atoms with E-state index in [1.54, 1.807) is 48.7 Å². The number of hydrogen-bond donors (Lipinski definition) is 9. The minimum atomic E-state index is -4.55. The molecular weight excluding hydrogens is 1400 g/mol. The number of thiazole rings is 1. The number of ether oxygens (including phenoxy) is 3. The molecule has 30 heteroatoms. The summed E-state index contributed by atoms with van der Waals surface area (Å²) in [7, 11) is -4.55. The number of nitrogens with zero attached hydrogens (tertiary/aromatic N) is 6.